The van der Waals surface area contributed by atoms with Crippen molar-refractivity contribution in [1.29, 1.82) is 0 Å². The first-order chi connectivity index (χ1) is 10.1. The molecule has 1 saturated carbocycles. The van der Waals surface area contributed by atoms with Gasteiger partial charge >= 0.3 is 0 Å². The fourth-order valence-corrected chi connectivity index (χ4v) is 3.03. The number of rotatable bonds is 4. The van der Waals surface area contributed by atoms with Crippen LogP contribution >= 0.6 is 11.3 Å². The summed E-state index contributed by atoms with van der Waals surface area (Å²) >= 11 is 1.50. The summed E-state index contributed by atoms with van der Waals surface area (Å²) in [4.78, 5) is 30.3. The molecule has 0 saturated heterocycles. The molecule has 0 atom stereocenters. The third-order valence-corrected chi connectivity index (χ3v) is 4.42. The molecule has 21 heavy (non-hydrogen) atoms. The smallest absolute Gasteiger partial charge is 0.259 e. The maximum Gasteiger partial charge on any atom is 0.259 e. The molecule has 0 radical (unpaired) electrons. The van der Waals surface area contributed by atoms with E-state index in [4.69, 9.17) is 0 Å². The molecular weight excluding hydrogens is 286 g/mol. The van der Waals surface area contributed by atoms with Crippen molar-refractivity contribution in [2.24, 2.45) is 0 Å². The van der Waals surface area contributed by atoms with Crippen LogP contribution in [-0.4, -0.2) is 27.4 Å². The lowest BCUT2D eigenvalue weighted by atomic mass is 10.2. The van der Waals surface area contributed by atoms with E-state index in [9.17, 15) is 9.59 Å². The van der Waals surface area contributed by atoms with Crippen molar-refractivity contribution in [3.8, 4) is 0 Å². The zero-order chi connectivity index (χ0) is 15.0. The maximum atomic E-state index is 12.5. The average Bonchev–Trinajstić information content (AvgIpc) is 3.16. The lowest BCUT2D eigenvalue weighted by Gasteiger charge is -2.17. The highest BCUT2D eigenvalue weighted by Crippen LogP contribution is 2.35. The fraction of sp³-hybridized carbons (Fsp3) is 0.400. The van der Waals surface area contributed by atoms with Crippen LogP contribution in [0.4, 0.5) is 0 Å². The Hall–Kier alpha value is -1.95. The van der Waals surface area contributed by atoms with Crippen LogP contribution in [0.1, 0.15) is 39.9 Å². The highest BCUT2D eigenvalue weighted by Gasteiger charge is 2.26. The highest BCUT2D eigenvalue weighted by atomic mass is 32.1. The van der Waals surface area contributed by atoms with Crippen molar-refractivity contribution < 1.29 is 4.79 Å². The first kappa shape index (κ1) is 14.0. The van der Waals surface area contributed by atoms with Crippen molar-refractivity contribution in [2.45, 2.75) is 32.4 Å². The Kier molecular flexibility index (Phi) is 3.63. The minimum absolute atomic E-state index is 0.208. The zero-order valence-corrected chi connectivity index (χ0v) is 12.9. The van der Waals surface area contributed by atoms with Crippen molar-refractivity contribution in [1.82, 2.24) is 14.5 Å². The SMILES string of the molecule is Cc1cc(=O)c(C(=O)N(C)Cc2nccs2)cn1C1CC1. The van der Waals surface area contributed by atoms with E-state index in [-0.39, 0.29) is 16.9 Å². The van der Waals surface area contributed by atoms with Gasteiger partial charge in [0, 0.05) is 42.6 Å². The van der Waals surface area contributed by atoms with E-state index in [1.807, 2.05) is 16.9 Å². The lowest BCUT2D eigenvalue weighted by molar-refractivity contribution is 0.0782. The Bertz CT molecular complexity index is 717. The van der Waals surface area contributed by atoms with Gasteiger partial charge in [-0.05, 0) is 19.8 Å². The van der Waals surface area contributed by atoms with E-state index in [0.717, 1.165) is 23.5 Å². The minimum atomic E-state index is -0.246. The van der Waals surface area contributed by atoms with Crippen LogP contribution in [0.15, 0.2) is 28.6 Å². The number of hydrogen-bond acceptors (Lipinski definition) is 4. The second-order valence-electron chi connectivity index (χ2n) is 5.42. The molecule has 0 spiro atoms. The van der Waals surface area contributed by atoms with Crippen molar-refractivity contribution >= 4 is 17.2 Å². The molecule has 6 heteroatoms. The topological polar surface area (TPSA) is 55.2 Å². The molecule has 1 aliphatic rings. The molecular formula is C15H17N3O2S. The summed E-state index contributed by atoms with van der Waals surface area (Å²) in [7, 11) is 1.70. The van der Waals surface area contributed by atoms with Gasteiger partial charge in [0.25, 0.3) is 5.91 Å². The van der Waals surface area contributed by atoms with Crippen molar-refractivity contribution in [2.75, 3.05) is 7.05 Å². The highest BCUT2D eigenvalue weighted by molar-refractivity contribution is 7.09. The van der Waals surface area contributed by atoms with Gasteiger partial charge in [-0.15, -0.1) is 11.3 Å². The molecule has 2 aromatic rings. The van der Waals surface area contributed by atoms with Crippen LogP contribution in [0.2, 0.25) is 0 Å². The van der Waals surface area contributed by atoms with Crippen LogP contribution < -0.4 is 5.43 Å². The number of aryl methyl sites for hydroxylation is 1. The van der Waals surface area contributed by atoms with Crippen molar-refractivity contribution in [3.05, 3.63) is 50.3 Å². The summed E-state index contributed by atoms with van der Waals surface area (Å²) in [5, 5.41) is 2.74. The number of hydrogen-bond donors (Lipinski definition) is 0. The molecule has 2 heterocycles. The van der Waals surface area contributed by atoms with Gasteiger partial charge in [-0.2, -0.15) is 0 Å². The van der Waals surface area contributed by atoms with E-state index in [1.165, 1.54) is 11.3 Å². The molecule has 0 N–H and O–H groups in total. The second kappa shape index (κ2) is 5.44. The van der Waals surface area contributed by atoms with Crippen LogP contribution in [-0.2, 0) is 6.54 Å². The fourth-order valence-electron chi connectivity index (χ4n) is 2.36. The van der Waals surface area contributed by atoms with Gasteiger partial charge in [0.15, 0.2) is 5.43 Å². The third-order valence-electron chi connectivity index (χ3n) is 3.65. The molecule has 0 unspecified atom stereocenters. The summed E-state index contributed by atoms with van der Waals surface area (Å²) in [5.41, 5.74) is 0.952. The van der Waals surface area contributed by atoms with Crippen LogP contribution in [0, 0.1) is 6.92 Å². The maximum absolute atomic E-state index is 12.5. The van der Waals surface area contributed by atoms with Gasteiger partial charge in [-0.25, -0.2) is 4.98 Å². The molecule has 0 bridgehead atoms. The first-order valence-electron chi connectivity index (χ1n) is 6.93. The van der Waals surface area contributed by atoms with Crippen LogP contribution in [0.5, 0.6) is 0 Å². The zero-order valence-electron chi connectivity index (χ0n) is 12.1. The predicted octanol–water partition coefficient (Wildman–Crippen LogP) is 2.22. The normalized spacial score (nSPS) is 14.2. The predicted molar refractivity (Wildman–Crippen MR) is 81.6 cm³/mol. The molecule has 0 aromatic carbocycles. The molecule has 1 amide bonds. The van der Waals surface area contributed by atoms with E-state index in [0.29, 0.717) is 12.6 Å². The average molecular weight is 303 g/mol. The largest absolute Gasteiger partial charge is 0.348 e. The number of aromatic nitrogens is 2. The number of carbonyl (C=O) groups is 1. The molecule has 1 fully saturated rings. The van der Waals surface area contributed by atoms with Gasteiger partial charge in [-0.1, -0.05) is 0 Å². The van der Waals surface area contributed by atoms with E-state index < -0.39 is 0 Å². The van der Waals surface area contributed by atoms with Gasteiger partial charge < -0.3 is 9.47 Å². The van der Waals surface area contributed by atoms with Crippen LogP contribution in [0.3, 0.4) is 0 Å². The Balaban J connectivity index is 1.86. The number of thiazole rings is 1. The Morgan fingerprint density at radius 3 is 2.90 bits per heavy atom. The molecule has 1 aliphatic carbocycles. The van der Waals surface area contributed by atoms with E-state index in [2.05, 4.69) is 4.98 Å². The summed E-state index contributed by atoms with van der Waals surface area (Å²) in [5.74, 6) is -0.246. The lowest BCUT2D eigenvalue weighted by Crippen LogP contribution is -2.31. The van der Waals surface area contributed by atoms with Gasteiger partial charge in [0.2, 0.25) is 0 Å². The Morgan fingerprint density at radius 1 is 1.52 bits per heavy atom. The standard InChI is InChI=1S/C15H17N3O2S/c1-10-7-13(19)12(8-18(10)11-3-4-11)15(20)17(2)9-14-16-5-6-21-14/h5-8,11H,3-4,9H2,1-2H3. The van der Waals surface area contributed by atoms with Crippen LogP contribution in [0.25, 0.3) is 0 Å². The van der Waals surface area contributed by atoms with Gasteiger partial charge in [0.05, 0.1) is 6.54 Å². The quantitative estimate of drug-likeness (QED) is 0.870. The molecule has 2 aromatic heterocycles. The molecule has 3 rings (SSSR count). The monoisotopic (exact) mass is 303 g/mol. The Labute approximate surface area is 126 Å². The van der Waals surface area contributed by atoms with E-state index >= 15 is 0 Å². The number of pyridine rings is 1. The summed E-state index contributed by atoms with van der Waals surface area (Å²) in [6, 6.07) is 2.00. The summed E-state index contributed by atoms with van der Waals surface area (Å²) < 4.78 is 2.05. The molecule has 0 aliphatic heterocycles. The number of nitrogens with zero attached hydrogens (tertiary/aromatic N) is 3. The minimum Gasteiger partial charge on any atom is -0.348 e. The third kappa shape index (κ3) is 2.90. The number of carbonyl (C=O) groups excluding carboxylic acids is 1. The van der Waals surface area contributed by atoms with E-state index in [1.54, 1.807) is 30.4 Å². The first-order valence-corrected chi connectivity index (χ1v) is 7.81. The van der Waals surface area contributed by atoms with Crippen molar-refractivity contribution in [3.63, 3.8) is 0 Å². The number of amides is 1. The van der Waals surface area contributed by atoms with Gasteiger partial charge in [0.1, 0.15) is 10.6 Å². The Morgan fingerprint density at radius 2 is 2.29 bits per heavy atom. The summed E-state index contributed by atoms with van der Waals surface area (Å²) in [6.45, 7) is 2.33. The summed E-state index contributed by atoms with van der Waals surface area (Å²) in [6.07, 6.45) is 5.67. The molecule has 5 nitrogen and oxygen atoms in total. The van der Waals surface area contributed by atoms with Gasteiger partial charge in [-0.3, -0.25) is 9.59 Å². The molecule has 110 valence electrons. The second-order valence-corrected chi connectivity index (χ2v) is 6.40.